The van der Waals surface area contributed by atoms with Gasteiger partial charge >= 0.3 is 5.97 Å². The van der Waals surface area contributed by atoms with E-state index in [9.17, 15) is 4.79 Å². The van der Waals surface area contributed by atoms with Gasteiger partial charge in [-0.15, -0.1) is 0 Å². The minimum absolute atomic E-state index is 0.0138. The highest BCUT2D eigenvalue weighted by Crippen LogP contribution is 2.22. The number of esters is 1. The number of hydrogen-bond donors (Lipinski definition) is 1. The summed E-state index contributed by atoms with van der Waals surface area (Å²) in [5.41, 5.74) is 0. The zero-order valence-electron chi connectivity index (χ0n) is 9.37. The van der Waals surface area contributed by atoms with Gasteiger partial charge in [-0.2, -0.15) is 0 Å². The molecule has 2 aliphatic rings. The van der Waals surface area contributed by atoms with Gasteiger partial charge in [-0.1, -0.05) is 0 Å². The molecule has 2 heterocycles. The van der Waals surface area contributed by atoms with E-state index in [2.05, 4.69) is 10.2 Å². The van der Waals surface area contributed by atoms with Crippen molar-refractivity contribution >= 4 is 5.97 Å². The number of piperidine rings is 1. The lowest BCUT2D eigenvalue weighted by molar-refractivity contribution is -0.142. The fourth-order valence-electron chi connectivity index (χ4n) is 2.65. The zero-order chi connectivity index (χ0) is 10.7. The van der Waals surface area contributed by atoms with Gasteiger partial charge in [0, 0.05) is 13.0 Å². The Balaban J connectivity index is 1.89. The van der Waals surface area contributed by atoms with Crippen LogP contribution in [0.15, 0.2) is 0 Å². The van der Waals surface area contributed by atoms with Crippen molar-refractivity contribution in [2.24, 2.45) is 5.92 Å². The van der Waals surface area contributed by atoms with E-state index in [0.29, 0.717) is 12.5 Å². The van der Waals surface area contributed by atoms with E-state index in [4.69, 9.17) is 4.74 Å². The van der Waals surface area contributed by atoms with Crippen molar-refractivity contribution in [2.45, 2.75) is 25.3 Å². The van der Waals surface area contributed by atoms with Crippen LogP contribution < -0.4 is 5.32 Å². The van der Waals surface area contributed by atoms with Crippen LogP contribution >= 0.6 is 0 Å². The molecule has 4 heteroatoms. The van der Waals surface area contributed by atoms with E-state index < -0.39 is 0 Å². The summed E-state index contributed by atoms with van der Waals surface area (Å²) < 4.78 is 5.02. The summed E-state index contributed by atoms with van der Waals surface area (Å²) in [5, 5.41) is 3.22. The molecule has 0 aromatic carbocycles. The molecule has 0 amide bonds. The van der Waals surface area contributed by atoms with Gasteiger partial charge in [-0.05, 0) is 38.9 Å². The lowest BCUT2D eigenvalue weighted by Gasteiger charge is -2.34. The monoisotopic (exact) mass is 212 g/mol. The van der Waals surface area contributed by atoms with Crippen LogP contribution in [0, 0.1) is 5.92 Å². The van der Waals surface area contributed by atoms with E-state index in [1.165, 1.54) is 12.8 Å². The Kier molecular flexibility index (Phi) is 3.59. The normalized spacial score (nSPS) is 33.0. The molecule has 2 atom stereocenters. The Morgan fingerprint density at radius 3 is 3.07 bits per heavy atom. The van der Waals surface area contributed by atoms with Gasteiger partial charge in [0.2, 0.25) is 0 Å². The number of carbonyl (C=O) groups is 1. The van der Waals surface area contributed by atoms with Crippen molar-refractivity contribution in [3.05, 3.63) is 0 Å². The van der Waals surface area contributed by atoms with Crippen LogP contribution in [0.2, 0.25) is 0 Å². The number of hydrogen-bond acceptors (Lipinski definition) is 4. The lowest BCUT2D eigenvalue weighted by atomic mass is 9.96. The van der Waals surface area contributed by atoms with Crippen molar-refractivity contribution in [1.29, 1.82) is 0 Å². The molecule has 2 rings (SSSR count). The van der Waals surface area contributed by atoms with E-state index in [-0.39, 0.29) is 12.0 Å². The second-order valence-electron chi connectivity index (χ2n) is 4.53. The summed E-state index contributed by atoms with van der Waals surface area (Å²) in [7, 11) is 1.99. The lowest BCUT2D eigenvalue weighted by Crippen LogP contribution is -2.46. The maximum Gasteiger partial charge on any atom is 0.323 e. The third kappa shape index (κ3) is 2.49. The van der Waals surface area contributed by atoms with Crippen molar-refractivity contribution in [3.63, 3.8) is 0 Å². The number of cyclic esters (lactones) is 1. The first-order valence-electron chi connectivity index (χ1n) is 5.86. The maximum atomic E-state index is 11.5. The molecule has 15 heavy (non-hydrogen) atoms. The molecule has 2 saturated heterocycles. The van der Waals surface area contributed by atoms with Crippen LogP contribution in [0.25, 0.3) is 0 Å². The Bertz CT molecular complexity index is 231. The van der Waals surface area contributed by atoms with Crippen molar-refractivity contribution < 1.29 is 9.53 Å². The van der Waals surface area contributed by atoms with Crippen molar-refractivity contribution in [3.8, 4) is 0 Å². The highest BCUT2D eigenvalue weighted by molar-refractivity contribution is 5.77. The van der Waals surface area contributed by atoms with Crippen LogP contribution in [0.5, 0.6) is 0 Å². The Morgan fingerprint density at radius 2 is 2.40 bits per heavy atom. The molecule has 0 spiro atoms. The van der Waals surface area contributed by atoms with Crippen molar-refractivity contribution in [2.75, 3.05) is 33.3 Å². The van der Waals surface area contributed by atoms with Crippen LogP contribution in [0.1, 0.15) is 19.3 Å². The predicted molar refractivity (Wildman–Crippen MR) is 57.6 cm³/mol. The van der Waals surface area contributed by atoms with Gasteiger partial charge in [0.1, 0.15) is 6.04 Å². The summed E-state index contributed by atoms with van der Waals surface area (Å²) in [6.45, 7) is 3.76. The summed E-state index contributed by atoms with van der Waals surface area (Å²) >= 11 is 0. The van der Waals surface area contributed by atoms with E-state index in [0.717, 1.165) is 26.1 Å². The number of ether oxygens (including phenoxy) is 1. The van der Waals surface area contributed by atoms with E-state index >= 15 is 0 Å². The predicted octanol–water partition coefficient (Wildman–Crippen LogP) is 0.233. The number of nitrogens with one attached hydrogen (secondary N) is 1. The van der Waals surface area contributed by atoms with Gasteiger partial charge in [-0.25, -0.2) is 0 Å². The third-order valence-corrected chi connectivity index (χ3v) is 3.39. The molecule has 0 radical (unpaired) electrons. The summed E-state index contributed by atoms with van der Waals surface area (Å²) in [6.07, 6.45) is 3.36. The largest absolute Gasteiger partial charge is 0.464 e. The molecule has 1 N–H and O–H groups in total. The zero-order valence-corrected chi connectivity index (χ0v) is 9.37. The molecule has 4 nitrogen and oxygen atoms in total. The first kappa shape index (κ1) is 10.9. The molecule has 0 saturated carbocycles. The van der Waals surface area contributed by atoms with Gasteiger partial charge in [0.05, 0.1) is 6.61 Å². The minimum Gasteiger partial charge on any atom is -0.464 e. The molecule has 86 valence electrons. The summed E-state index contributed by atoms with van der Waals surface area (Å²) in [5.74, 6) is 0.678. The Labute approximate surface area is 91.0 Å². The van der Waals surface area contributed by atoms with Crippen LogP contribution in [-0.4, -0.2) is 50.2 Å². The SMILES string of the molecule is CNCC1CCCN(C2CCOC2=O)C1. The molecule has 2 unspecified atom stereocenters. The highest BCUT2D eigenvalue weighted by atomic mass is 16.5. The number of rotatable bonds is 3. The molecular weight excluding hydrogens is 192 g/mol. The second-order valence-corrected chi connectivity index (χ2v) is 4.53. The topological polar surface area (TPSA) is 41.6 Å². The molecule has 0 aromatic heterocycles. The smallest absolute Gasteiger partial charge is 0.323 e. The Hall–Kier alpha value is -0.610. The number of likely N-dealkylation sites (tertiary alicyclic amines) is 1. The van der Waals surface area contributed by atoms with Crippen LogP contribution in [0.3, 0.4) is 0 Å². The third-order valence-electron chi connectivity index (χ3n) is 3.39. The first-order valence-corrected chi connectivity index (χ1v) is 5.86. The molecule has 0 bridgehead atoms. The average molecular weight is 212 g/mol. The van der Waals surface area contributed by atoms with Gasteiger partial charge in [0.15, 0.2) is 0 Å². The van der Waals surface area contributed by atoms with E-state index in [1.54, 1.807) is 0 Å². The maximum absolute atomic E-state index is 11.5. The van der Waals surface area contributed by atoms with Crippen LogP contribution in [0.4, 0.5) is 0 Å². The van der Waals surface area contributed by atoms with Crippen LogP contribution in [-0.2, 0) is 9.53 Å². The van der Waals surface area contributed by atoms with E-state index in [1.807, 2.05) is 7.05 Å². The molecule has 2 fully saturated rings. The molecular formula is C11H20N2O2. The molecule has 0 aromatic rings. The number of carbonyl (C=O) groups excluding carboxylic acids is 1. The highest BCUT2D eigenvalue weighted by Gasteiger charge is 2.34. The quantitative estimate of drug-likeness (QED) is 0.680. The number of nitrogens with zero attached hydrogens (tertiary/aromatic N) is 1. The molecule has 2 aliphatic heterocycles. The summed E-state index contributed by atoms with van der Waals surface area (Å²) in [4.78, 5) is 13.8. The standard InChI is InChI=1S/C11H20N2O2/c1-12-7-9-3-2-5-13(8-9)10-4-6-15-11(10)14/h9-10,12H,2-8H2,1H3. The second kappa shape index (κ2) is 4.94. The van der Waals surface area contributed by atoms with Gasteiger partial charge in [0.25, 0.3) is 0 Å². The fraction of sp³-hybridized carbons (Fsp3) is 0.909. The first-order chi connectivity index (χ1) is 7.31. The van der Waals surface area contributed by atoms with Crippen molar-refractivity contribution in [1.82, 2.24) is 10.2 Å². The fourth-order valence-corrected chi connectivity index (χ4v) is 2.65. The molecule has 0 aliphatic carbocycles. The average Bonchev–Trinajstić information content (AvgIpc) is 2.65. The Morgan fingerprint density at radius 1 is 1.53 bits per heavy atom. The minimum atomic E-state index is -0.0138. The van der Waals surface area contributed by atoms with Gasteiger partial charge in [-0.3, -0.25) is 9.69 Å². The summed E-state index contributed by atoms with van der Waals surface area (Å²) in [6, 6.07) is 0.0460. The van der Waals surface area contributed by atoms with Gasteiger partial charge < -0.3 is 10.1 Å².